The SMILES string of the molecule is O=C(Nc1cc(C(F)(F)F)ccc1F)Nc1ccc(Oc2ncccc2-c2ccncn2)c2ccccc12. The third-order valence-electron chi connectivity index (χ3n) is 5.51. The van der Waals surface area contributed by atoms with E-state index in [9.17, 15) is 22.4 Å². The van der Waals surface area contributed by atoms with Crippen molar-refractivity contribution in [1.82, 2.24) is 15.0 Å². The van der Waals surface area contributed by atoms with Gasteiger partial charge in [0.05, 0.1) is 28.2 Å². The molecular formula is C27H17F4N5O2. The maximum Gasteiger partial charge on any atom is 0.416 e. The molecule has 11 heteroatoms. The van der Waals surface area contributed by atoms with Crippen LogP contribution in [0.25, 0.3) is 22.0 Å². The topological polar surface area (TPSA) is 89.0 Å². The maximum absolute atomic E-state index is 14.1. The predicted octanol–water partition coefficient (Wildman–Crippen LogP) is 7.29. The van der Waals surface area contributed by atoms with Gasteiger partial charge in [-0.2, -0.15) is 13.2 Å². The van der Waals surface area contributed by atoms with E-state index in [0.29, 0.717) is 57.5 Å². The van der Waals surface area contributed by atoms with E-state index in [1.165, 1.54) is 6.33 Å². The summed E-state index contributed by atoms with van der Waals surface area (Å²) in [5.74, 6) is -0.268. The molecule has 2 heterocycles. The largest absolute Gasteiger partial charge is 0.438 e. The summed E-state index contributed by atoms with van der Waals surface area (Å²) < 4.78 is 59.2. The van der Waals surface area contributed by atoms with Crippen LogP contribution in [0.1, 0.15) is 5.56 Å². The van der Waals surface area contributed by atoms with Crippen LogP contribution in [0.15, 0.2) is 91.5 Å². The summed E-state index contributed by atoms with van der Waals surface area (Å²) in [7, 11) is 0. The van der Waals surface area contributed by atoms with E-state index in [1.54, 1.807) is 67.0 Å². The molecule has 5 rings (SSSR count). The van der Waals surface area contributed by atoms with Crippen molar-refractivity contribution in [1.29, 1.82) is 0 Å². The Balaban J connectivity index is 1.42. The number of halogens is 4. The zero-order chi connectivity index (χ0) is 26.7. The van der Waals surface area contributed by atoms with Crippen molar-refractivity contribution in [2.45, 2.75) is 6.18 Å². The number of nitrogens with zero attached hydrogens (tertiary/aromatic N) is 3. The molecular weight excluding hydrogens is 502 g/mol. The van der Waals surface area contributed by atoms with Crippen LogP contribution in [0.5, 0.6) is 11.6 Å². The zero-order valence-corrected chi connectivity index (χ0v) is 19.3. The second kappa shape index (κ2) is 10.1. The molecule has 0 unspecified atom stereocenters. The highest BCUT2D eigenvalue weighted by Gasteiger charge is 2.31. The molecule has 0 spiro atoms. The van der Waals surface area contributed by atoms with Gasteiger partial charge in [-0.15, -0.1) is 0 Å². The highest BCUT2D eigenvalue weighted by atomic mass is 19.4. The quantitative estimate of drug-likeness (QED) is 0.238. The molecule has 0 saturated carbocycles. The number of anilines is 2. The molecule has 0 saturated heterocycles. The second-order valence-corrected chi connectivity index (χ2v) is 7.98. The number of rotatable bonds is 5. The van der Waals surface area contributed by atoms with Gasteiger partial charge < -0.3 is 15.4 Å². The van der Waals surface area contributed by atoms with Crippen molar-refractivity contribution in [2.24, 2.45) is 0 Å². The van der Waals surface area contributed by atoms with Crippen molar-refractivity contribution < 1.29 is 27.1 Å². The summed E-state index contributed by atoms with van der Waals surface area (Å²) in [6.45, 7) is 0. The third-order valence-corrected chi connectivity index (χ3v) is 5.51. The molecule has 7 nitrogen and oxygen atoms in total. The number of nitrogens with one attached hydrogen (secondary N) is 2. The molecule has 0 atom stereocenters. The monoisotopic (exact) mass is 519 g/mol. The van der Waals surface area contributed by atoms with Crippen LogP contribution >= 0.6 is 0 Å². The number of hydrogen-bond donors (Lipinski definition) is 2. The Hall–Kier alpha value is -5.06. The van der Waals surface area contributed by atoms with Gasteiger partial charge in [0.25, 0.3) is 0 Å². The fourth-order valence-electron chi connectivity index (χ4n) is 3.76. The van der Waals surface area contributed by atoms with Crippen LogP contribution in [0, 0.1) is 5.82 Å². The minimum atomic E-state index is -4.69. The molecule has 5 aromatic rings. The summed E-state index contributed by atoms with van der Waals surface area (Å²) in [6.07, 6.45) is -0.0908. The summed E-state index contributed by atoms with van der Waals surface area (Å²) in [5.41, 5.74) is -0.103. The first-order valence-electron chi connectivity index (χ1n) is 11.2. The van der Waals surface area contributed by atoms with Crippen molar-refractivity contribution in [3.63, 3.8) is 0 Å². The smallest absolute Gasteiger partial charge is 0.416 e. The van der Waals surface area contributed by atoms with Crippen LogP contribution in [0.4, 0.5) is 33.7 Å². The Kier molecular flexibility index (Phi) is 6.56. The predicted molar refractivity (Wildman–Crippen MR) is 133 cm³/mol. The van der Waals surface area contributed by atoms with E-state index >= 15 is 0 Å². The zero-order valence-electron chi connectivity index (χ0n) is 19.3. The Labute approximate surface area is 213 Å². The molecule has 0 aliphatic carbocycles. The molecule has 2 N–H and O–H groups in total. The number of carbonyl (C=O) groups excluding carboxylic acids is 1. The number of ether oxygens (including phenoxy) is 1. The summed E-state index contributed by atoms with van der Waals surface area (Å²) >= 11 is 0. The highest BCUT2D eigenvalue weighted by molar-refractivity contribution is 6.07. The number of benzene rings is 3. The van der Waals surface area contributed by atoms with Crippen LogP contribution in [0.2, 0.25) is 0 Å². The maximum atomic E-state index is 14.1. The van der Waals surface area contributed by atoms with E-state index in [-0.39, 0.29) is 0 Å². The van der Waals surface area contributed by atoms with Gasteiger partial charge in [-0.3, -0.25) is 0 Å². The average Bonchev–Trinajstić information content (AvgIpc) is 2.91. The van der Waals surface area contributed by atoms with Gasteiger partial charge in [-0.05, 0) is 48.5 Å². The molecule has 0 aliphatic rings. The number of carbonyl (C=O) groups is 1. The number of aromatic nitrogens is 3. The van der Waals surface area contributed by atoms with Crippen LogP contribution in [-0.2, 0) is 6.18 Å². The third kappa shape index (κ3) is 5.21. The van der Waals surface area contributed by atoms with Crippen LogP contribution in [0.3, 0.4) is 0 Å². The lowest BCUT2D eigenvalue weighted by Gasteiger charge is -2.15. The fourth-order valence-corrected chi connectivity index (χ4v) is 3.76. The first-order valence-corrected chi connectivity index (χ1v) is 11.2. The van der Waals surface area contributed by atoms with Crippen LogP contribution < -0.4 is 15.4 Å². The number of fused-ring (bicyclic) bond motifs is 1. The molecule has 38 heavy (non-hydrogen) atoms. The number of amides is 2. The minimum absolute atomic E-state index is 0.301. The second-order valence-electron chi connectivity index (χ2n) is 7.98. The number of hydrogen-bond acceptors (Lipinski definition) is 5. The molecule has 2 aromatic heterocycles. The molecule has 2 amide bonds. The van der Waals surface area contributed by atoms with Gasteiger partial charge >= 0.3 is 12.2 Å². The summed E-state index contributed by atoms with van der Waals surface area (Å²) in [4.78, 5) is 25.1. The number of urea groups is 1. The lowest BCUT2D eigenvalue weighted by molar-refractivity contribution is -0.137. The molecule has 0 radical (unpaired) electrons. The van der Waals surface area contributed by atoms with E-state index in [4.69, 9.17) is 4.74 Å². The fraction of sp³-hybridized carbons (Fsp3) is 0.0370. The Morgan fingerprint density at radius 3 is 2.37 bits per heavy atom. The number of pyridine rings is 1. The standard InChI is InChI=1S/C27H17F4N5O2/c28-20-8-7-16(27(29,30)31)14-23(20)36-26(37)35-22-9-10-24(18-5-2-1-4-17(18)22)38-25-19(6-3-12-33-25)21-11-13-32-15-34-21/h1-15H,(H2,35,36,37). The average molecular weight is 519 g/mol. The first kappa shape index (κ1) is 24.6. The molecule has 0 bridgehead atoms. The Morgan fingerprint density at radius 2 is 1.61 bits per heavy atom. The lowest BCUT2D eigenvalue weighted by Crippen LogP contribution is -2.21. The molecule has 0 fully saturated rings. The summed E-state index contributed by atoms with van der Waals surface area (Å²) in [5, 5.41) is 5.89. The lowest BCUT2D eigenvalue weighted by atomic mass is 10.1. The van der Waals surface area contributed by atoms with Crippen LogP contribution in [-0.4, -0.2) is 21.0 Å². The summed E-state index contributed by atoms with van der Waals surface area (Å²) in [6, 6.07) is 16.3. The van der Waals surface area contributed by atoms with Gasteiger partial charge in [0.15, 0.2) is 0 Å². The molecule has 0 aliphatic heterocycles. The van der Waals surface area contributed by atoms with Gasteiger partial charge in [-0.25, -0.2) is 24.1 Å². The highest BCUT2D eigenvalue weighted by Crippen LogP contribution is 2.37. The van der Waals surface area contributed by atoms with Crippen molar-refractivity contribution >= 4 is 28.2 Å². The normalized spacial score (nSPS) is 11.3. The number of alkyl halides is 3. The first-order chi connectivity index (χ1) is 18.3. The Bertz CT molecular complexity index is 1630. The molecule has 190 valence electrons. The van der Waals surface area contributed by atoms with E-state index in [0.717, 1.165) is 0 Å². The Morgan fingerprint density at radius 1 is 0.816 bits per heavy atom. The van der Waals surface area contributed by atoms with Gasteiger partial charge in [0.2, 0.25) is 5.88 Å². The molecule has 3 aromatic carbocycles. The van der Waals surface area contributed by atoms with Gasteiger partial charge in [0, 0.05) is 23.2 Å². The van der Waals surface area contributed by atoms with E-state index in [1.807, 2.05) is 0 Å². The van der Waals surface area contributed by atoms with E-state index in [2.05, 4.69) is 25.6 Å². The van der Waals surface area contributed by atoms with Crippen molar-refractivity contribution in [2.75, 3.05) is 10.6 Å². The van der Waals surface area contributed by atoms with E-state index < -0.39 is 29.3 Å². The van der Waals surface area contributed by atoms with Crippen molar-refractivity contribution in [3.8, 4) is 22.9 Å². The van der Waals surface area contributed by atoms with Crippen molar-refractivity contribution in [3.05, 3.63) is 103 Å². The minimum Gasteiger partial charge on any atom is -0.438 e. The van der Waals surface area contributed by atoms with Gasteiger partial charge in [0.1, 0.15) is 17.9 Å². The van der Waals surface area contributed by atoms with Gasteiger partial charge in [-0.1, -0.05) is 24.3 Å².